The highest BCUT2D eigenvalue weighted by molar-refractivity contribution is 5.95. The molecule has 2 aromatic carbocycles. The Morgan fingerprint density at radius 3 is 2.36 bits per heavy atom. The molecule has 186 valence electrons. The SMILES string of the molecule is CCOC(=O)c1cnn(-c2ccc(C(=O)NC(c3ccccc3)c3nccn3C)cc2)c1C(F)(F)F. The van der Waals surface area contributed by atoms with Crippen LogP contribution in [0.25, 0.3) is 5.69 Å². The summed E-state index contributed by atoms with van der Waals surface area (Å²) in [6.45, 7) is 1.42. The van der Waals surface area contributed by atoms with Crippen molar-refractivity contribution in [1.29, 1.82) is 0 Å². The molecule has 0 bridgehead atoms. The Balaban J connectivity index is 1.62. The van der Waals surface area contributed by atoms with Gasteiger partial charge in [0.05, 0.1) is 18.5 Å². The molecule has 0 saturated carbocycles. The molecule has 0 aliphatic rings. The summed E-state index contributed by atoms with van der Waals surface area (Å²) in [5, 5.41) is 6.68. The molecule has 8 nitrogen and oxygen atoms in total. The molecule has 1 unspecified atom stereocenters. The lowest BCUT2D eigenvalue weighted by molar-refractivity contribution is -0.143. The zero-order chi connectivity index (χ0) is 25.9. The van der Waals surface area contributed by atoms with E-state index < -0.39 is 35.4 Å². The fourth-order valence-corrected chi connectivity index (χ4v) is 3.74. The number of carbonyl (C=O) groups is 2. The number of esters is 1. The number of aryl methyl sites for hydroxylation is 1. The quantitative estimate of drug-likeness (QED) is 0.384. The molecular weight excluding hydrogens is 475 g/mol. The van der Waals surface area contributed by atoms with Crippen LogP contribution in [-0.4, -0.2) is 37.8 Å². The highest BCUT2D eigenvalue weighted by Gasteiger charge is 2.41. The van der Waals surface area contributed by atoms with Gasteiger partial charge in [-0.15, -0.1) is 0 Å². The van der Waals surface area contributed by atoms with Crippen LogP contribution in [0.4, 0.5) is 13.2 Å². The van der Waals surface area contributed by atoms with Gasteiger partial charge in [-0.25, -0.2) is 14.5 Å². The van der Waals surface area contributed by atoms with Crippen LogP contribution in [0, 0.1) is 0 Å². The highest BCUT2D eigenvalue weighted by atomic mass is 19.4. The molecule has 11 heteroatoms. The largest absolute Gasteiger partial charge is 0.462 e. The van der Waals surface area contributed by atoms with E-state index in [-0.39, 0.29) is 17.9 Å². The number of ether oxygens (including phenoxy) is 1. The minimum atomic E-state index is -4.86. The Hall–Kier alpha value is -4.41. The molecule has 4 rings (SSSR count). The zero-order valence-electron chi connectivity index (χ0n) is 19.4. The van der Waals surface area contributed by atoms with Crippen LogP contribution >= 0.6 is 0 Å². The molecule has 4 aromatic rings. The number of imidazole rings is 1. The first-order valence-corrected chi connectivity index (χ1v) is 11.0. The van der Waals surface area contributed by atoms with Crippen molar-refractivity contribution in [2.24, 2.45) is 7.05 Å². The second-order valence-electron chi connectivity index (χ2n) is 7.80. The molecule has 1 amide bonds. The van der Waals surface area contributed by atoms with Gasteiger partial charge in [0.25, 0.3) is 5.91 Å². The maximum atomic E-state index is 13.8. The van der Waals surface area contributed by atoms with E-state index in [1.54, 1.807) is 17.0 Å². The lowest BCUT2D eigenvalue weighted by Crippen LogP contribution is -2.31. The van der Waals surface area contributed by atoms with Gasteiger partial charge in [0.1, 0.15) is 17.4 Å². The molecule has 0 radical (unpaired) electrons. The Kier molecular flexibility index (Phi) is 6.91. The summed E-state index contributed by atoms with van der Waals surface area (Å²) >= 11 is 0. The molecule has 1 N–H and O–H groups in total. The summed E-state index contributed by atoms with van der Waals surface area (Å²) in [4.78, 5) is 29.4. The number of nitrogens with one attached hydrogen (secondary N) is 1. The van der Waals surface area contributed by atoms with Crippen molar-refractivity contribution >= 4 is 11.9 Å². The van der Waals surface area contributed by atoms with Crippen molar-refractivity contribution in [3.05, 3.63) is 101 Å². The van der Waals surface area contributed by atoms with Crippen molar-refractivity contribution in [3.8, 4) is 5.69 Å². The van der Waals surface area contributed by atoms with Gasteiger partial charge in [-0.3, -0.25) is 4.79 Å². The third-order valence-corrected chi connectivity index (χ3v) is 5.43. The van der Waals surface area contributed by atoms with Crippen molar-refractivity contribution in [1.82, 2.24) is 24.6 Å². The summed E-state index contributed by atoms with van der Waals surface area (Å²) in [7, 11) is 1.81. The van der Waals surface area contributed by atoms with Crippen LogP contribution in [-0.2, 0) is 18.0 Å². The predicted molar refractivity (Wildman–Crippen MR) is 123 cm³/mol. The lowest BCUT2D eigenvalue weighted by atomic mass is 10.1. The number of rotatable bonds is 7. The third-order valence-electron chi connectivity index (χ3n) is 5.43. The van der Waals surface area contributed by atoms with E-state index in [1.807, 2.05) is 37.4 Å². The standard InChI is InChI=1S/C25H22F3N5O3/c1-3-36-24(35)19-15-30-33(21(19)25(26,27)28)18-11-9-17(10-12-18)23(34)31-20(16-7-5-4-6-8-16)22-29-13-14-32(22)2/h4-15,20H,3H2,1-2H3,(H,31,34). The Bertz CT molecular complexity index is 1360. The van der Waals surface area contributed by atoms with Gasteiger partial charge in [-0.1, -0.05) is 30.3 Å². The normalized spacial score (nSPS) is 12.2. The highest BCUT2D eigenvalue weighted by Crippen LogP contribution is 2.34. The molecule has 0 fully saturated rings. The van der Waals surface area contributed by atoms with Gasteiger partial charge in [0.15, 0.2) is 5.69 Å². The van der Waals surface area contributed by atoms with Crippen LogP contribution < -0.4 is 5.32 Å². The van der Waals surface area contributed by atoms with Crippen LogP contribution in [0.2, 0.25) is 0 Å². The number of benzene rings is 2. The molecule has 2 heterocycles. The Labute approximate surface area is 204 Å². The number of carbonyl (C=O) groups excluding carboxylic acids is 2. The molecular formula is C25H22F3N5O3. The van der Waals surface area contributed by atoms with E-state index in [0.29, 0.717) is 10.5 Å². The van der Waals surface area contributed by atoms with Crippen molar-refractivity contribution in [2.45, 2.75) is 19.1 Å². The Morgan fingerprint density at radius 2 is 1.78 bits per heavy atom. The number of hydrogen-bond donors (Lipinski definition) is 1. The van der Waals surface area contributed by atoms with Gasteiger partial charge in [0, 0.05) is 25.0 Å². The van der Waals surface area contributed by atoms with E-state index in [1.165, 1.54) is 31.2 Å². The lowest BCUT2D eigenvalue weighted by Gasteiger charge is -2.19. The average molecular weight is 497 g/mol. The van der Waals surface area contributed by atoms with Crippen molar-refractivity contribution in [3.63, 3.8) is 0 Å². The summed E-state index contributed by atoms with van der Waals surface area (Å²) in [5.41, 5.74) is -0.878. The van der Waals surface area contributed by atoms with Gasteiger partial charge in [-0.2, -0.15) is 18.3 Å². The number of hydrogen-bond acceptors (Lipinski definition) is 5. The van der Waals surface area contributed by atoms with Gasteiger partial charge >= 0.3 is 12.1 Å². The van der Waals surface area contributed by atoms with E-state index in [0.717, 1.165) is 11.8 Å². The fourth-order valence-electron chi connectivity index (χ4n) is 3.74. The molecule has 0 aliphatic carbocycles. The van der Waals surface area contributed by atoms with Gasteiger partial charge in [0.2, 0.25) is 0 Å². The van der Waals surface area contributed by atoms with Crippen LogP contribution in [0.3, 0.4) is 0 Å². The number of aromatic nitrogens is 4. The molecule has 0 spiro atoms. The topological polar surface area (TPSA) is 91.0 Å². The smallest absolute Gasteiger partial charge is 0.434 e. The number of nitrogens with zero attached hydrogens (tertiary/aromatic N) is 4. The summed E-state index contributed by atoms with van der Waals surface area (Å²) in [6, 6.07) is 14.1. The number of halogens is 3. The summed E-state index contributed by atoms with van der Waals surface area (Å²) < 4.78 is 48.4. The minimum Gasteiger partial charge on any atom is -0.462 e. The van der Waals surface area contributed by atoms with Crippen molar-refractivity contribution in [2.75, 3.05) is 6.61 Å². The average Bonchev–Trinajstić information content (AvgIpc) is 3.50. The molecule has 1 atom stereocenters. The van der Waals surface area contributed by atoms with Crippen LogP contribution in [0.5, 0.6) is 0 Å². The first-order chi connectivity index (χ1) is 17.2. The molecule has 0 saturated heterocycles. The van der Waals surface area contributed by atoms with E-state index in [4.69, 9.17) is 4.74 Å². The first kappa shape index (κ1) is 24.7. The van der Waals surface area contributed by atoms with Crippen LogP contribution in [0.15, 0.2) is 73.2 Å². The van der Waals surface area contributed by atoms with Gasteiger partial charge < -0.3 is 14.6 Å². The number of amides is 1. The second-order valence-corrected chi connectivity index (χ2v) is 7.80. The Morgan fingerprint density at radius 1 is 1.08 bits per heavy atom. The third kappa shape index (κ3) is 4.99. The summed E-state index contributed by atoms with van der Waals surface area (Å²) in [5.74, 6) is -0.945. The van der Waals surface area contributed by atoms with Crippen LogP contribution in [0.1, 0.15) is 50.8 Å². The summed E-state index contributed by atoms with van der Waals surface area (Å²) in [6.07, 6.45) is -0.656. The van der Waals surface area contributed by atoms with Gasteiger partial charge in [-0.05, 0) is 36.8 Å². The van der Waals surface area contributed by atoms with E-state index in [9.17, 15) is 22.8 Å². The first-order valence-electron chi connectivity index (χ1n) is 11.0. The second kappa shape index (κ2) is 10.1. The molecule has 36 heavy (non-hydrogen) atoms. The maximum Gasteiger partial charge on any atom is 0.434 e. The fraction of sp³-hybridized carbons (Fsp3) is 0.200. The monoisotopic (exact) mass is 497 g/mol. The molecule has 2 aromatic heterocycles. The predicted octanol–water partition coefficient (Wildman–Crippen LogP) is 4.32. The maximum absolute atomic E-state index is 13.8. The van der Waals surface area contributed by atoms with E-state index in [2.05, 4.69) is 15.4 Å². The van der Waals surface area contributed by atoms with E-state index >= 15 is 0 Å². The minimum absolute atomic E-state index is 0.0261. The number of alkyl halides is 3. The van der Waals surface area contributed by atoms with Crippen molar-refractivity contribution < 1.29 is 27.5 Å². The molecule has 0 aliphatic heterocycles. The zero-order valence-corrected chi connectivity index (χ0v) is 19.4.